The van der Waals surface area contributed by atoms with Gasteiger partial charge < -0.3 is 4.90 Å². The van der Waals surface area contributed by atoms with E-state index < -0.39 is 0 Å². The van der Waals surface area contributed by atoms with Crippen molar-refractivity contribution in [2.45, 2.75) is 0 Å². The summed E-state index contributed by atoms with van der Waals surface area (Å²) in [7, 11) is 4.28. The number of para-hydroxylation sites is 2. The van der Waals surface area contributed by atoms with Crippen LogP contribution in [-0.4, -0.2) is 14.1 Å². The van der Waals surface area contributed by atoms with Gasteiger partial charge in [-0.05, 0) is 17.7 Å². The first-order valence-electron chi connectivity index (χ1n) is 8.52. The van der Waals surface area contributed by atoms with Crippen molar-refractivity contribution in [3.63, 3.8) is 0 Å². The minimum Gasteiger partial charge on any atom is -0.338 e. The van der Waals surface area contributed by atoms with Crippen LogP contribution in [0.3, 0.4) is 0 Å². The Morgan fingerprint density at radius 2 is 1.20 bits per heavy atom. The van der Waals surface area contributed by atoms with Crippen LogP contribution in [0, 0.1) is 0 Å². The van der Waals surface area contributed by atoms with Crippen molar-refractivity contribution in [2.24, 2.45) is 0 Å². The second kappa shape index (κ2) is 6.40. The third-order valence-corrected chi connectivity index (χ3v) is 4.66. The summed E-state index contributed by atoms with van der Waals surface area (Å²) in [5, 5.41) is 1.28. The Morgan fingerprint density at radius 3 is 1.80 bits per heavy atom. The highest BCUT2D eigenvalue weighted by atomic mass is 15.1. The van der Waals surface area contributed by atoms with Gasteiger partial charge >= 0.3 is 0 Å². The van der Waals surface area contributed by atoms with E-state index in [4.69, 9.17) is 0 Å². The molecule has 122 valence electrons. The molecule has 0 spiro atoms. The molecule has 0 N–H and O–H groups in total. The monoisotopic (exact) mass is 325 g/mol. The summed E-state index contributed by atoms with van der Waals surface area (Å²) in [6, 6.07) is 31.6. The third kappa shape index (κ3) is 2.87. The normalized spacial score (nSPS) is 12.2. The molecule has 0 bridgehead atoms. The average molecular weight is 325 g/mol. The van der Waals surface area contributed by atoms with Crippen molar-refractivity contribution < 1.29 is 0 Å². The SMILES string of the molecule is CN(c1ccccc1)c1c(-c2ccccc2)c1=[N+](C)c1ccccc1. The van der Waals surface area contributed by atoms with Crippen LogP contribution in [0.15, 0.2) is 91.0 Å². The number of anilines is 2. The van der Waals surface area contributed by atoms with E-state index in [9.17, 15) is 0 Å². The minimum absolute atomic E-state index is 1.20. The van der Waals surface area contributed by atoms with Gasteiger partial charge in [-0.25, -0.2) is 0 Å². The predicted molar refractivity (Wildman–Crippen MR) is 106 cm³/mol. The molecule has 2 nitrogen and oxygen atoms in total. The summed E-state index contributed by atoms with van der Waals surface area (Å²) in [6.45, 7) is 0. The lowest BCUT2D eigenvalue weighted by Gasteiger charge is -2.13. The van der Waals surface area contributed by atoms with E-state index >= 15 is 0 Å². The van der Waals surface area contributed by atoms with Crippen molar-refractivity contribution in [1.82, 2.24) is 4.58 Å². The van der Waals surface area contributed by atoms with Gasteiger partial charge in [-0.15, -0.1) is 0 Å². The first-order valence-corrected chi connectivity index (χ1v) is 8.52. The van der Waals surface area contributed by atoms with Gasteiger partial charge in [0, 0.05) is 24.9 Å². The van der Waals surface area contributed by atoms with Crippen LogP contribution >= 0.6 is 0 Å². The van der Waals surface area contributed by atoms with Gasteiger partial charge in [0.05, 0.1) is 5.56 Å². The highest BCUT2D eigenvalue weighted by Crippen LogP contribution is 2.36. The molecule has 4 aromatic rings. The molecule has 0 aliphatic heterocycles. The third-order valence-electron chi connectivity index (χ3n) is 4.66. The highest BCUT2D eigenvalue weighted by Gasteiger charge is 2.33. The quantitative estimate of drug-likeness (QED) is 0.492. The zero-order valence-electron chi connectivity index (χ0n) is 14.6. The van der Waals surface area contributed by atoms with E-state index in [1.165, 1.54) is 33.5 Å². The summed E-state index contributed by atoms with van der Waals surface area (Å²) < 4.78 is 2.27. The fourth-order valence-corrected chi connectivity index (χ4v) is 3.26. The summed E-state index contributed by atoms with van der Waals surface area (Å²) in [4.78, 5) is 2.27. The Morgan fingerprint density at radius 1 is 0.680 bits per heavy atom. The predicted octanol–water partition coefficient (Wildman–Crippen LogP) is 4.73. The first-order chi connectivity index (χ1) is 12.3. The van der Waals surface area contributed by atoms with Gasteiger partial charge in [-0.2, -0.15) is 4.58 Å². The van der Waals surface area contributed by atoms with Crippen molar-refractivity contribution in [3.05, 3.63) is 96.4 Å². The lowest BCUT2D eigenvalue weighted by atomic mass is 10.2. The average Bonchev–Trinajstić information content (AvgIpc) is 3.44. The van der Waals surface area contributed by atoms with Crippen molar-refractivity contribution in [3.8, 4) is 11.1 Å². The van der Waals surface area contributed by atoms with Gasteiger partial charge in [0.25, 0.3) is 0 Å². The first kappa shape index (κ1) is 15.4. The summed E-state index contributed by atoms with van der Waals surface area (Å²) in [5.74, 6) is 0. The van der Waals surface area contributed by atoms with E-state index in [0.717, 1.165) is 0 Å². The standard InChI is InChI=1S/C23H21N2/c1-24(19-14-8-4-9-15-19)22-21(18-12-6-3-7-13-18)23(22)25(2)20-16-10-5-11-17-20/h3-17H,1-2H3/q+1. The van der Waals surface area contributed by atoms with Crippen molar-refractivity contribution in [1.29, 1.82) is 0 Å². The minimum atomic E-state index is 1.20. The van der Waals surface area contributed by atoms with E-state index in [-0.39, 0.29) is 0 Å². The zero-order chi connectivity index (χ0) is 17.2. The van der Waals surface area contributed by atoms with E-state index in [1.807, 2.05) is 0 Å². The molecule has 0 saturated heterocycles. The van der Waals surface area contributed by atoms with Crippen LogP contribution in [-0.2, 0) is 0 Å². The highest BCUT2D eigenvalue weighted by molar-refractivity contribution is 5.93. The number of nitrogens with zero attached hydrogens (tertiary/aromatic N) is 2. The van der Waals surface area contributed by atoms with E-state index in [2.05, 4.69) is 115 Å². The largest absolute Gasteiger partial charge is 0.338 e. The number of benzene rings is 3. The molecule has 0 heterocycles. The lowest BCUT2D eigenvalue weighted by Crippen LogP contribution is -2.17. The van der Waals surface area contributed by atoms with Crippen molar-refractivity contribution >= 4 is 17.1 Å². The Labute approximate surface area is 148 Å². The molecule has 0 saturated carbocycles. The summed E-state index contributed by atoms with van der Waals surface area (Å²) in [5.41, 5.74) is 6.25. The molecule has 4 rings (SSSR count). The number of rotatable bonds is 4. The second-order valence-corrected chi connectivity index (χ2v) is 6.23. The fraction of sp³-hybridized carbons (Fsp3) is 0.0870. The molecule has 2 heteroatoms. The maximum absolute atomic E-state index is 2.27. The number of hydrogen-bond donors (Lipinski definition) is 0. The maximum atomic E-state index is 2.27. The van der Waals surface area contributed by atoms with Gasteiger partial charge in [-0.1, -0.05) is 66.7 Å². The van der Waals surface area contributed by atoms with E-state index in [0.29, 0.717) is 0 Å². The Kier molecular flexibility index (Phi) is 3.95. The van der Waals surface area contributed by atoms with Crippen LogP contribution in [0.25, 0.3) is 11.1 Å². The Bertz CT molecular complexity index is 992. The maximum Gasteiger partial charge on any atom is 0.240 e. The molecule has 0 aliphatic carbocycles. The summed E-state index contributed by atoms with van der Waals surface area (Å²) in [6.07, 6.45) is 0. The zero-order valence-corrected chi connectivity index (χ0v) is 14.6. The Hall–Kier alpha value is -3.13. The molecule has 0 fully saturated rings. The molecule has 25 heavy (non-hydrogen) atoms. The van der Waals surface area contributed by atoms with E-state index in [1.54, 1.807) is 0 Å². The van der Waals surface area contributed by atoms with Gasteiger partial charge in [0.2, 0.25) is 11.0 Å². The fourth-order valence-electron chi connectivity index (χ4n) is 3.26. The molecular formula is C23H21N2+. The molecule has 0 aromatic heterocycles. The molecule has 0 aliphatic rings. The smallest absolute Gasteiger partial charge is 0.240 e. The van der Waals surface area contributed by atoms with Crippen LogP contribution in [0.2, 0.25) is 0 Å². The molecule has 0 radical (unpaired) electrons. The van der Waals surface area contributed by atoms with Gasteiger partial charge in [0.15, 0.2) is 0 Å². The summed E-state index contributed by atoms with van der Waals surface area (Å²) >= 11 is 0. The molecule has 0 amide bonds. The molecular weight excluding hydrogens is 304 g/mol. The van der Waals surface area contributed by atoms with Crippen LogP contribution < -0.4 is 14.8 Å². The van der Waals surface area contributed by atoms with Gasteiger partial charge in [0.1, 0.15) is 12.7 Å². The Balaban J connectivity index is 1.88. The topological polar surface area (TPSA) is 6.25 Å². The van der Waals surface area contributed by atoms with Crippen LogP contribution in [0.5, 0.6) is 0 Å². The lowest BCUT2D eigenvalue weighted by molar-refractivity contribution is 0.915. The second-order valence-electron chi connectivity index (χ2n) is 6.23. The molecule has 0 unspecified atom stereocenters. The molecule has 4 aromatic carbocycles. The molecule has 0 atom stereocenters. The van der Waals surface area contributed by atoms with Crippen LogP contribution in [0.1, 0.15) is 0 Å². The van der Waals surface area contributed by atoms with Crippen LogP contribution in [0.4, 0.5) is 17.1 Å². The van der Waals surface area contributed by atoms with Crippen molar-refractivity contribution in [2.75, 3.05) is 19.0 Å². The number of hydrogen-bond acceptors (Lipinski definition) is 1. The van der Waals surface area contributed by atoms with Gasteiger partial charge in [-0.3, -0.25) is 0 Å².